The van der Waals surface area contributed by atoms with Gasteiger partial charge in [0, 0.05) is 33.7 Å². The second kappa shape index (κ2) is 10.5. The minimum absolute atomic E-state index is 0.0107. The number of halogens is 1. The van der Waals surface area contributed by atoms with Crippen molar-refractivity contribution in [2.24, 2.45) is 5.10 Å². The summed E-state index contributed by atoms with van der Waals surface area (Å²) in [5, 5.41) is 27.4. The van der Waals surface area contributed by atoms with Gasteiger partial charge in [-0.3, -0.25) is 25.0 Å². The van der Waals surface area contributed by atoms with Gasteiger partial charge in [-0.05, 0) is 35.9 Å². The molecule has 0 aliphatic carbocycles. The molecule has 4 rings (SSSR count). The normalized spacial score (nSPS) is 11.7. The second-order valence-electron chi connectivity index (χ2n) is 9.41. The zero-order chi connectivity index (χ0) is 27.6. The molecule has 1 aromatic heterocycles. The first-order chi connectivity index (χ1) is 17.9. The van der Waals surface area contributed by atoms with E-state index >= 15 is 0 Å². The zero-order valence-electron chi connectivity index (χ0n) is 20.6. The quantitative estimate of drug-likeness (QED) is 0.154. The van der Waals surface area contributed by atoms with E-state index in [-0.39, 0.29) is 29.3 Å². The lowest BCUT2D eigenvalue weighted by Crippen LogP contribution is -2.29. The first-order valence-corrected chi connectivity index (χ1v) is 12.1. The number of hydrogen-bond acceptors (Lipinski definition) is 8. The van der Waals surface area contributed by atoms with E-state index in [9.17, 15) is 25.0 Å². The van der Waals surface area contributed by atoms with Crippen molar-refractivity contribution in [1.29, 1.82) is 0 Å². The van der Waals surface area contributed by atoms with Crippen LogP contribution in [0.25, 0.3) is 10.9 Å². The van der Waals surface area contributed by atoms with Crippen LogP contribution in [0, 0.1) is 20.2 Å². The van der Waals surface area contributed by atoms with Gasteiger partial charge in [-0.2, -0.15) is 9.78 Å². The van der Waals surface area contributed by atoms with Crippen molar-refractivity contribution in [3.8, 4) is 5.75 Å². The highest BCUT2D eigenvalue weighted by Gasteiger charge is 2.23. The Kier molecular flexibility index (Phi) is 7.35. The molecule has 0 bridgehead atoms. The third kappa shape index (κ3) is 5.75. The molecular weight excluding hydrogens is 558 g/mol. The predicted octanol–water partition coefficient (Wildman–Crippen LogP) is 5.73. The van der Waals surface area contributed by atoms with Crippen LogP contribution in [-0.4, -0.2) is 25.7 Å². The molecule has 0 amide bonds. The van der Waals surface area contributed by atoms with Gasteiger partial charge >= 0.3 is 5.69 Å². The molecule has 3 aromatic carbocycles. The van der Waals surface area contributed by atoms with Crippen molar-refractivity contribution >= 4 is 44.4 Å². The van der Waals surface area contributed by atoms with Crippen molar-refractivity contribution in [2.75, 3.05) is 0 Å². The van der Waals surface area contributed by atoms with E-state index in [0.717, 1.165) is 4.47 Å². The second-order valence-corrected chi connectivity index (χ2v) is 10.3. The Bertz CT molecular complexity index is 1660. The van der Waals surface area contributed by atoms with Crippen molar-refractivity contribution in [1.82, 2.24) is 9.66 Å². The molecule has 4 aromatic rings. The first kappa shape index (κ1) is 26.6. The minimum Gasteiger partial charge on any atom is -0.482 e. The number of rotatable bonds is 7. The Morgan fingerprint density at radius 3 is 2.50 bits per heavy atom. The highest BCUT2D eigenvalue weighted by Crippen LogP contribution is 2.29. The minimum atomic E-state index is -0.595. The van der Waals surface area contributed by atoms with Crippen LogP contribution in [0.5, 0.6) is 5.75 Å². The van der Waals surface area contributed by atoms with Gasteiger partial charge in [0.2, 0.25) is 0 Å². The number of aromatic nitrogens is 2. The summed E-state index contributed by atoms with van der Waals surface area (Å²) >= 11 is 3.37. The van der Waals surface area contributed by atoms with Gasteiger partial charge in [-0.25, -0.2) is 4.98 Å². The molecule has 0 aliphatic rings. The zero-order valence-corrected chi connectivity index (χ0v) is 22.2. The van der Waals surface area contributed by atoms with Crippen LogP contribution in [0.15, 0.2) is 75.0 Å². The smallest absolute Gasteiger partial charge is 0.311 e. The van der Waals surface area contributed by atoms with Crippen molar-refractivity contribution in [3.05, 3.63) is 113 Å². The molecule has 194 valence electrons. The first-order valence-electron chi connectivity index (χ1n) is 11.4. The summed E-state index contributed by atoms with van der Waals surface area (Å²) in [6.07, 6.45) is 1.35. The van der Waals surface area contributed by atoms with Crippen LogP contribution in [0.4, 0.5) is 11.4 Å². The Morgan fingerprint density at radius 2 is 1.82 bits per heavy atom. The number of ether oxygens (including phenoxy) is 1. The molecule has 0 unspecified atom stereocenters. The van der Waals surface area contributed by atoms with E-state index < -0.39 is 15.3 Å². The Balaban J connectivity index is 1.68. The number of nitrogens with zero attached hydrogens (tertiary/aromatic N) is 5. The number of benzene rings is 3. The fourth-order valence-electron chi connectivity index (χ4n) is 3.67. The van der Waals surface area contributed by atoms with Gasteiger partial charge in [0.15, 0.2) is 5.75 Å². The fourth-order valence-corrected chi connectivity index (χ4v) is 4.03. The van der Waals surface area contributed by atoms with Crippen LogP contribution in [0.3, 0.4) is 0 Å². The SMILES string of the molecule is CC(C)(C)c1nc2ccc(Br)cc2c(=O)n1N=Cc1ccc(OCc2cccc([N+](=O)[O-])c2)c([N+](=O)[O-])c1. The fraction of sp³-hybridized carbons (Fsp3) is 0.192. The topological polar surface area (TPSA) is 143 Å². The highest BCUT2D eigenvalue weighted by molar-refractivity contribution is 9.10. The average molecular weight is 580 g/mol. The summed E-state index contributed by atoms with van der Waals surface area (Å²) < 4.78 is 7.52. The maximum atomic E-state index is 13.3. The lowest BCUT2D eigenvalue weighted by Gasteiger charge is -2.20. The summed E-state index contributed by atoms with van der Waals surface area (Å²) in [6, 6.07) is 15.3. The lowest BCUT2D eigenvalue weighted by atomic mass is 9.95. The molecule has 0 fully saturated rings. The lowest BCUT2D eigenvalue weighted by molar-refractivity contribution is -0.386. The average Bonchev–Trinajstić information content (AvgIpc) is 2.86. The van der Waals surface area contributed by atoms with Crippen LogP contribution in [0.1, 0.15) is 37.7 Å². The van der Waals surface area contributed by atoms with Gasteiger partial charge in [0.05, 0.1) is 27.0 Å². The number of fused-ring (bicyclic) bond motifs is 1. The molecule has 0 saturated heterocycles. The third-order valence-electron chi connectivity index (χ3n) is 5.50. The monoisotopic (exact) mass is 579 g/mol. The predicted molar refractivity (Wildman–Crippen MR) is 146 cm³/mol. The molecule has 1 heterocycles. The van der Waals surface area contributed by atoms with Gasteiger partial charge < -0.3 is 4.74 Å². The van der Waals surface area contributed by atoms with E-state index in [0.29, 0.717) is 27.9 Å². The van der Waals surface area contributed by atoms with E-state index in [2.05, 4.69) is 26.0 Å². The molecule has 0 aliphatic heterocycles. The molecule has 0 spiro atoms. The highest BCUT2D eigenvalue weighted by atomic mass is 79.9. The van der Waals surface area contributed by atoms with Crippen LogP contribution < -0.4 is 10.3 Å². The van der Waals surface area contributed by atoms with E-state index in [1.807, 2.05) is 20.8 Å². The maximum absolute atomic E-state index is 13.3. The number of hydrogen-bond donors (Lipinski definition) is 0. The van der Waals surface area contributed by atoms with E-state index in [1.165, 1.54) is 41.2 Å². The molecule has 12 heteroatoms. The number of non-ortho nitro benzene ring substituents is 1. The number of nitro groups is 2. The molecule has 0 atom stereocenters. The summed E-state index contributed by atoms with van der Waals surface area (Å²) in [6.45, 7) is 5.62. The van der Waals surface area contributed by atoms with Crippen molar-refractivity contribution in [3.63, 3.8) is 0 Å². The Labute approximate surface area is 224 Å². The number of nitro benzene ring substituents is 2. The largest absolute Gasteiger partial charge is 0.482 e. The van der Waals surface area contributed by atoms with Crippen molar-refractivity contribution in [2.45, 2.75) is 32.8 Å². The van der Waals surface area contributed by atoms with Crippen molar-refractivity contribution < 1.29 is 14.6 Å². The van der Waals surface area contributed by atoms with E-state index in [4.69, 9.17) is 4.74 Å². The molecule has 0 N–H and O–H groups in total. The molecule has 0 saturated carbocycles. The summed E-state index contributed by atoms with van der Waals surface area (Å²) in [7, 11) is 0. The van der Waals surface area contributed by atoms with Gasteiger partial charge in [0.25, 0.3) is 11.2 Å². The van der Waals surface area contributed by atoms with Crippen LogP contribution >= 0.6 is 15.9 Å². The van der Waals surface area contributed by atoms with Crippen LogP contribution in [-0.2, 0) is 12.0 Å². The van der Waals surface area contributed by atoms with Gasteiger partial charge in [-0.1, -0.05) is 48.8 Å². The molecular formula is C26H22BrN5O6. The van der Waals surface area contributed by atoms with Gasteiger partial charge in [-0.15, -0.1) is 0 Å². The molecule has 0 radical (unpaired) electrons. The standard InChI is InChI=1S/C26H22BrN5O6/c1-26(2,3)25-29-21-9-8-18(27)13-20(21)24(33)30(25)28-14-16-7-10-23(22(12-16)32(36)37)38-15-17-5-4-6-19(11-17)31(34)35/h4-14H,15H2,1-3H3. The Hall–Kier alpha value is -4.45. The summed E-state index contributed by atoms with van der Waals surface area (Å²) in [5.41, 5.74) is 0.0768. The molecule has 11 nitrogen and oxygen atoms in total. The van der Waals surface area contributed by atoms with E-state index in [1.54, 1.807) is 30.3 Å². The summed E-state index contributed by atoms with van der Waals surface area (Å²) in [5.74, 6) is 0.420. The third-order valence-corrected chi connectivity index (χ3v) is 5.99. The summed E-state index contributed by atoms with van der Waals surface area (Å²) in [4.78, 5) is 39.6. The maximum Gasteiger partial charge on any atom is 0.311 e. The van der Waals surface area contributed by atoms with Crippen LogP contribution in [0.2, 0.25) is 0 Å². The Morgan fingerprint density at radius 1 is 1.05 bits per heavy atom. The van der Waals surface area contributed by atoms with Gasteiger partial charge in [0.1, 0.15) is 12.4 Å². The molecule has 38 heavy (non-hydrogen) atoms.